The first-order valence-electron chi connectivity index (χ1n) is 19.3. The fraction of sp³-hybridized carbons (Fsp3) is 0.182. The van der Waals surface area contributed by atoms with Gasteiger partial charge in [0.05, 0.1) is 42.8 Å². The number of Topliss-reactive ketones (excluding diaryl/α,β-unsaturated/α-hetero) is 2. The third-order valence-corrected chi connectivity index (χ3v) is 11.3. The number of halogens is 8. The molecule has 2 atom stereocenters. The molecule has 4 amide bonds. The third kappa shape index (κ3) is 13.3. The Balaban J connectivity index is 1.32. The molecule has 0 saturated carbocycles. The number of anilines is 4. The normalized spacial score (nSPS) is 12.2. The molecular formula is C44H34Cl8N8O6. The van der Waals surface area contributed by atoms with Crippen LogP contribution in [0, 0.1) is 0 Å². The topological polar surface area (TPSA) is 200 Å². The first kappa shape index (κ1) is 51.8. The molecule has 0 bridgehead atoms. The number of carbonyl (C=O) groups is 6. The van der Waals surface area contributed by atoms with Gasteiger partial charge in [-0.25, -0.2) is 0 Å². The molecule has 5 aromatic carbocycles. The molecule has 4 N–H and O–H groups in total. The molecule has 0 aliphatic carbocycles. The van der Waals surface area contributed by atoms with Crippen molar-refractivity contribution in [3.63, 3.8) is 0 Å². The first-order valence-corrected chi connectivity index (χ1v) is 22.3. The van der Waals surface area contributed by atoms with Gasteiger partial charge in [0.15, 0.2) is 11.6 Å². The smallest absolute Gasteiger partial charge is 0.258 e. The standard InChI is InChI=1S/C44H34Cl8N8O6/c1-5-29-30(6-2)36(54-44(66)38(20(4)62)60-58-28-12-22(10-24(46)14-28)42(64)56-40-33(51)17-26(48)18-34(40)52)8-7-35(29)53-43(65)37(19(3)61)59-57-27-11-21(9-23(45)13-27)41(63)55-39-31(49)15-25(47)16-32(39)50/h7-18,37-38H,5-6H2,1-4H3,(H,53,65)(H,54,66)(H,55,63)(H,56,64). The van der Waals surface area contributed by atoms with E-state index in [9.17, 15) is 28.8 Å². The fourth-order valence-corrected chi connectivity index (χ4v) is 8.52. The SMILES string of the molecule is CCc1c(NC(=O)C(N=Nc2cc(Cl)cc(C(=O)Nc3c(Cl)cc(Cl)cc3Cl)c2)C(C)=O)ccc(NC(=O)C(N=Nc2cc(Cl)cc(C(=O)Nc3c(Cl)cc(Cl)cc3Cl)c2)C(C)=O)c1CC. The van der Waals surface area contributed by atoms with Crippen LogP contribution in [-0.2, 0) is 32.0 Å². The van der Waals surface area contributed by atoms with Gasteiger partial charge in [0.2, 0.25) is 12.1 Å². The van der Waals surface area contributed by atoms with Crippen molar-refractivity contribution in [2.75, 3.05) is 21.3 Å². The molecule has 0 saturated heterocycles. The lowest BCUT2D eigenvalue weighted by atomic mass is 9.98. The number of amides is 4. The van der Waals surface area contributed by atoms with Gasteiger partial charge in [-0.05, 0) is 111 Å². The zero-order chi connectivity index (χ0) is 48.6. The zero-order valence-corrected chi connectivity index (χ0v) is 40.8. The highest BCUT2D eigenvalue weighted by Crippen LogP contribution is 2.36. The molecule has 14 nitrogen and oxygen atoms in total. The van der Waals surface area contributed by atoms with Crippen LogP contribution in [0.1, 0.15) is 59.5 Å². The van der Waals surface area contributed by atoms with E-state index in [2.05, 4.69) is 41.7 Å². The van der Waals surface area contributed by atoms with Crippen molar-refractivity contribution in [2.24, 2.45) is 20.5 Å². The van der Waals surface area contributed by atoms with Crippen LogP contribution < -0.4 is 21.3 Å². The fourth-order valence-electron chi connectivity index (χ4n) is 6.24. The van der Waals surface area contributed by atoms with E-state index in [1.54, 1.807) is 0 Å². The van der Waals surface area contributed by atoms with Crippen LogP contribution in [0.5, 0.6) is 0 Å². The van der Waals surface area contributed by atoms with Crippen LogP contribution in [0.3, 0.4) is 0 Å². The van der Waals surface area contributed by atoms with Gasteiger partial charge >= 0.3 is 0 Å². The molecule has 0 spiro atoms. The minimum atomic E-state index is -1.62. The Morgan fingerprint density at radius 2 is 0.788 bits per heavy atom. The van der Waals surface area contributed by atoms with Crippen molar-refractivity contribution < 1.29 is 28.8 Å². The largest absolute Gasteiger partial charge is 0.323 e. The summed E-state index contributed by atoms with van der Waals surface area (Å²) in [6.07, 6.45) is 0.733. The van der Waals surface area contributed by atoms with E-state index in [0.29, 0.717) is 35.3 Å². The van der Waals surface area contributed by atoms with E-state index in [4.69, 9.17) is 92.8 Å². The summed E-state index contributed by atoms with van der Waals surface area (Å²) in [5.74, 6) is -4.22. The third-order valence-electron chi connectivity index (χ3n) is 9.28. The number of nitrogens with one attached hydrogen (secondary N) is 4. The Morgan fingerprint density at radius 1 is 0.470 bits per heavy atom. The monoisotopic (exact) mass is 1050 g/mol. The highest BCUT2D eigenvalue weighted by Gasteiger charge is 2.27. The van der Waals surface area contributed by atoms with Crippen molar-refractivity contribution in [1.29, 1.82) is 0 Å². The number of azo groups is 2. The van der Waals surface area contributed by atoms with E-state index < -0.39 is 47.3 Å². The molecule has 5 rings (SSSR count). The Hall–Kier alpha value is -5.16. The first-order chi connectivity index (χ1) is 31.2. The number of hydrogen-bond donors (Lipinski definition) is 4. The van der Waals surface area contributed by atoms with E-state index in [-0.39, 0.29) is 74.1 Å². The lowest BCUT2D eigenvalue weighted by Crippen LogP contribution is -2.33. The molecule has 22 heteroatoms. The van der Waals surface area contributed by atoms with Crippen molar-refractivity contribution in [3.8, 4) is 0 Å². The van der Waals surface area contributed by atoms with Gasteiger partial charge in [-0.2, -0.15) is 20.5 Å². The number of benzene rings is 5. The average molecular weight is 1050 g/mol. The average Bonchev–Trinajstić information content (AvgIpc) is 3.23. The zero-order valence-electron chi connectivity index (χ0n) is 34.8. The molecule has 0 heterocycles. The maximum Gasteiger partial charge on any atom is 0.258 e. The van der Waals surface area contributed by atoms with Crippen molar-refractivity contribution >= 4 is 162 Å². The second kappa shape index (κ2) is 23.0. The van der Waals surface area contributed by atoms with E-state index in [1.165, 1.54) is 72.8 Å². The molecule has 2 unspecified atom stereocenters. The number of ketones is 2. The van der Waals surface area contributed by atoms with Gasteiger partial charge in [0.25, 0.3) is 23.6 Å². The van der Waals surface area contributed by atoms with E-state index in [1.807, 2.05) is 13.8 Å². The van der Waals surface area contributed by atoms with E-state index >= 15 is 0 Å². The number of hydrogen-bond acceptors (Lipinski definition) is 10. The molecule has 0 aromatic heterocycles. The van der Waals surface area contributed by atoms with Gasteiger partial charge in [-0.15, -0.1) is 0 Å². The second-order valence-corrected chi connectivity index (χ2v) is 17.4. The summed E-state index contributed by atoms with van der Waals surface area (Å²) in [5.41, 5.74) is 2.28. The Morgan fingerprint density at radius 3 is 1.09 bits per heavy atom. The summed E-state index contributed by atoms with van der Waals surface area (Å²) < 4.78 is 0. The molecule has 0 radical (unpaired) electrons. The molecule has 0 aliphatic rings. The number of carbonyl (C=O) groups excluding carboxylic acids is 6. The van der Waals surface area contributed by atoms with Crippen LogP contribution >= 0.6 is 92.8 Å². The summed E-state index contributed by atoms with van der Waals surface area (Å²) in [7, 11) is 0. The Labute approximate surface area is 417 Å². The summed E-state index contributed by atoms with van der Waals surface area (Å²) in [4.78, 5) is 79.0. The quantitative estimate of drug-likeness (QED) is 0.0559. The maximum atomic E-state index is 13.6. The highest BCUT2D eigenvalue weighted by molar-refractivity contribution is 6.43. The summed E-state index contributed by atoms with van der Waals surface area (Å²) >= 11 is 49.4. The van der Waals surface area contributed by atoms with Gasteiger partial charge in [-0.3, -0.25) is 28.8 Å². The minimum Gasteiger partial charge on any atom is -0.323 e. The van der Waals surface area contributed by atoms with Gasteiger partial charge in [0.1, 0.15) is 0 Å². The van der Waals surface area contributed by atoms with Crippen molar-refractivity contribution in [3.05, 3.63) is 135 Å². The molecule has 0 aliphatic heterocycles. The maximum absolute atomic E-state index is 13.6. The van der Waals surface area contributed by atoms with Gasteiger partial charge in [0, 0.05) is 42.6 Å². The lowest BCUT2D eigenvalue weighted by molar-refractivity contribution is -0.127. The summed E-state index contributed by atoms with van der Waals surface area (Å²) in [6, 6.07) is 13.6. The van der Waals surface area contributed by atoms with E-state index in [0.717, 1.165) is 13.8 Å². The van der Waals surface area contributed by atoms with Crippen LogP contribution in [-0.4, -0.2) is 47.3 Å². The highest BCUT2D eigenvalue weighted by atomic mass is 35.5. The molecular weight excluding hydrogens is 1020 g/mol. The summed E-state index contributed by atoms with van der Waals surface area (Å²) in [6.45, 7) is 5.98. The Kier molecular flexibility index (Phi) is 18.1. The second-order valence-electron chi connectivity index (χ2n) is 14.1. The minimum absolute atomic E-state index is 0.0388. The number of rotatable bonds is 16. The predicted octanol–water partition coefficient (Wildman–Crippen LogP) is 13.9. The molecule has 66 heavy (non-hydrogen) atoms. The van der Waals surface area contributed by atoms with Crippen molar-refractivity contribution in [1.82, 2.24) is 0 Å². The molecule has 5 aromatic rings. The van der Waals surface area contributed by atoms with Crippen LogP contribution in [0.2, 0.25) is 40.2 Å². The van der Waals surface area contributed by atoms with Crippen molar-refractivity contribution in [2.45, 2.75) is 52.6 Å². The number of nitrogens with zero attached hydrogens (tertiary/aromatic N) is 4. The predicted molar refractivity (Wildman–Crippen MR) is 262 cm³/mol. The summed E-state index contributed by atoms with van der Waals surface area (Å²) in [5, 5.41) is 27.9. The lowest BCUT2D eigenvalue weighted by Gasteiger charge is -2.20. The van der Waals surface area contributed by atoms with Gasteiger partial charge in [-0.1, -0.05) is 107 Å². The van der Waals surface area contributed by atoms with Crippen LogP contribution in [0.15, 0.2) is 93.3 Å². The van der Waals surface area contributed by atoms with Crippen LogP contribution in [0.25, 0.3) is 0 Å². The molecule has 0 fully saturated rings. The van der Waals surface area contributed by atoms with Gasteiger partial charge < -0.3 is 21.3 Å². The molecule has 342 valence electrons. The Bertz CT molecular complexity index is 2620. The van der Waals surface area contributed by atoms with Crippen LogP contribution in [0.4, 0.5) is 34.1 Å².